The number of nitrogens with one attached hydrogen (secondary N) is 1. The van der Waals surface area contributed by atoms with Crippen LogP contribution in [0.15, 0.2) is 42.7 Å². The molecule has 2 aliphatic rings. The second-order valence-electron chi connectivity index (χ2n) is 7.28. The maximum Gasteiger partial charge on any atom is 0.322 e. The number of nitrogens with zero attached hydrogens (tertiary/aromatic N) is 3. The normalized spacial score (nSPS) is 21.0. The first kappa shape index (κ1) is 16.2. The van der Waals surface area contributed by atoms with E-state index in [2.05, 4.69) is 27.4 Å². The molecule has 1 unspecified atom stereocenters. The number of carbonyl (C=O) groups excluding carboxylic acids is 1. The molecule has 1 aliphatic carbocycles. The summed E-state index contributed by atoms with van der Waals surface area (Å²) in [6.45, 7) is 1.64. The average Bonchev–Trinajstić information content (AvgIpc) is 3.38. The van der Waals surface area contributed by atoms with Crippen molar-refractivity contribution in [1.82, 2.24) is 14.7 Å². The molecular formula is C20H26N4O. The van der Waals surface area contributed by atoms with E-state index in [9.17, 15) is 4.79 Å². The molecule has 1 atom stereocenters. The number of hydrogen-bond acceptors (Lipinski definition) is 2. The summed E-state index contributed by atoms with van der Waals surface area (Å²) in [6, 6.07) is 10.5. The lowest BCUT2D eigenvalue weighted by atomic mass is 9.96. The molecule has 1 N–H and O–H groups in total. The number of anilines is 1. The van der Waals surface area contributed by atoms with Gasteiger partial charge in [0.2, 0.25) is 0 Å². The predicted molar refractivity (Wildman–Crippen MR) is 98.5 cm³/mol. The van der Waals surface area contributed by atoms with Crippen molar-refractivity contribution >= 4 is 11.7 Å². The van der Waals surface area contributed by atoms with Gasteiger partial charge in [0, 0.05) is 30.7 Å². The van der Waals surface area contributed by atoms with Crippen LogP contribution < -0.4 is 5.32 Å². The van der Waals surface area contributed by atoms with Crippen LogP contribution in [0.2, 0.25) is 0 Å². The Labute approximate surface area is 149 Å². The molecule has 2 aromatic rings. The highest BCUT2D eigenvalue weighted by atomic mass is 16.2. The summed E-state index contributed by atoms with van der Waals surface area (Å²) in [4.78, 5) is 14.8. The largest absolute Gasteiger partial charge is 0.322 e. The van der Waals surface area contributed by atoms with Crippen LogP contribution in [-0.4, -0.2) is 33.3 Å². The Morgan fingerprint density at radius 2 is 1.92 bits per heavy atom. The first-order chi connectivity index (χ1) is 12.3. The van der Waals surface area contributed by atoms with Gasteiger partial charge in [0.25, 0.3) is 0 Å². The third-order valence-electron chi connectivity index (χ3n) is 5.61. The van der Waals surface area contributed by atoms with E-state index in [4.69, 9.17) is 0 Å². The van der Waals surface area contributed by atoms with Crippen molar-refractivity contribution in [3.8, 4) is 0 Å². The molecule has 2 fully saturated rings. The van der Waals surface area contributed by atoms with Crippen LogP contribution >= 0.6 is 0 Å². The van der Waals surface area contributed by atoms with Gasteiger partial charge in [-0.3, -0.25) is 4.68 Å². The van der Waals surface area contributed by atoms with Crippen molar-refractivity contribution in [1.29, 1.82) is 0 Å². The molecule has 1 aromatic carbocycles. The summed E-state index contributed by atoms with van der Waals surface area (Å²) in [6.07, 6.45) is 11.3. The van der Waals surface area contributed by atoms with E-state index < -0.39 is 0 Å². The first-order valence-corrected chi connectivity index (χ1v) is 9.43. The Morgan fingerprint density at radius 1 is 1.12 bits per heavy atom. The van der Waals surface area contributed by atoms with Crippen molar-refractivity contribution in [2.24, 2.45) is 5.92 Å². The van der Waals surface area contributed by atoms with Crippen LogP contribution in [0.25, 0.3) is 0 Å². The molecule has 0 radical (unpaired) electrons. The van der Waals surface area contributed by atoms with Gasteiger partial charge in [0.1, 0.15) is 0 Å². The Kier molecular flexibility index (Phi) is 4.72. The second-order valence-corrected chi connectivity index (χ2v) is 7.28. The SMILES string of the molecule is O=C(Nc1ccc(Cn2cccn2)cc1)N1CCCC1C1CCCC1. The molecule has 132 valence electrons. The number of amides is 2. The Bertz CT molecular complexity index is 689. The van der Waals surface area contributed by atoms with Crippen molar-refractivity contribution in [2.75, 3.05) is 11.9 Å². The van der Waals surface area contributed by atoms with E-state index in [1.807, 2.05) is 29.1 Å². The summed E-state index contributed by atoms with van der Waals surface area (Å²) in [5, 5.41) is 7.31. The summed E-state index contributed by atoms with van der Waals surface area (Å²) < 4.78 is 1.89. The molecule has 0 spiro atoms. The molecular weight excluding hydrogens is 312 g/mol. The molecule has 4 rings (SSSR count). The molecule has 1 aliphatic heterocycles. The van der Waals surface area contributed by atoms with Gasteiger partial charge < -0.3 is 10.2 Å². The van der Waals surface area contributed by atoms with Gasteiger partial charge in [-0.05, 0) is 55.4 Å². The lowest BCUT2D eigenvalue weighted by Gasteiger charge is -2.29. The summed E-state index contributed by atoms with van der Waals surface area (Å²) in [7, 11) is 0. The lowest BCUT2D eigenvalue weighted by molar-refractivity contribution is 0.185. The van der Waals surface area contributed by atoms with Gasteiger partial charge in [-0.1, -0.05) is 25.0 Å². The molecule has 1 aromatic heterocycles. The molecule has 2 amide bonds. The van der Waals surface area contributed by atoms with Crippen LogP contribution in [0.1, 0.15) is 44.1 Å². The zero-order valence-corrected chi connectivity index (χ0v) is 14.6. The van der Waals surface area contributed by atoms with Crippen LogP contribution in [0.5, 0.6) is 0 Å². The zero-order valence-electron chi connectivity index (χ0n) is 14.6. The third kappa shape index (κ3) is 3.70. The molecule has 1 saturated heterocycles. The number of likely N-dealkylation sites (tertiary alicyclic amines) is 1. The monoisotopic (exact) mass is 338 g/mol. The van der Waals surface area contributed by atoms with E-state index in [1.165, 1.54) is 37.7 Å². The standard InChI is InChI=1S/C20H26N4O/c25-20(24-14-3-7-19(24)17-5-1-2-6-17)22-18-10-8-16(9-11-18)15-23-13-4-12-21-23/h4,8-13,17,19H,1-3,5-7,14-15H2,(H,22,25). The number of carbonyl (C=O) groups is 1. The lowest BCUT2D eigenvalue weighted by Crippen LogP contribution is -2.41. The van der Waals surface area contributed by atoms with Crippen molar-refractivity contribution in [3.05, 3.63) is 48.3 Å². The summed E-state index contributed by atoms with van der Waals surface area (Å²) >= 11 is 0. The maximum absolute atomic E-state index is 12.7. The Balaban J connectivity index is 1.37. The van der Waals surface area contributed by atoms with Gasteiger partial charge in [0.15, 0.2) is 0 Å². The van der Waals surface area contributed by atoms with E-state index in [0.717, 1.165) is 25.2 Å². The minimum atomic E-state index is 0.0641. The van der Waals surface area contributed by atoms with E-state index in [0.29, 0.717) is 12.0 Å². The fourth-order valence-corrected chi connectivity index (χ4v) is 4.35. The minimum Gasteiger partial charge on any atom is -0.321 e. The molecule has 25 heavy (non-hydrogen) atoms. The van der Waals surface area contributed by atoms with Gasteiger partial charge in [0.05, 0.1) is 6.54 Å². The van der Waals surface area contributed by atoms with Crippen LogP contribution in [0.3, 0.4) is 0 Å². The topological polar surface area (TPSA) is 50.2 Å². The quantitative estimate of drug-likeness (QED) is 0.912. The average molecular weight is 338 g/mol. The molecule has 2 heterocycles. The van der Waals surface area contributed by atoms with Crippen molar-refractivity contribution in [2.45, 2.75) is 51.1 Å². The highest BCUT2D eigenvalue weighted by Gasteiger charge is 2.35. The van der Waals surface area contributed by atoms with E-state index >= 15 is 0 Å². The van der Waals surface area contributed by atoms with Crippen LogP contribution in [0.4, 0.5) is 10.5 Å². The van der Waals surface area contributed by atoms with Crippen LogP contribution in [-0.2, 0) is 6.54 Å². The van der Waals surface area contributed by atoms with Gasteiger partial charge in [-0.15, -0.1) is 0 Å². The Hall–Kier alpha value is -2.30. The molecule has 5 heteroatoms. The predicted octanol–water partition coefficient (Wildman–Crippen LogP) is 4.12. The first-order valence-electron chi connectivity index (χ1n) is 9.43. The number of urea groups is 1. The number of rotatable bonds is 4. The zero-order chi connectivity index (χ0) is 17.1. The van der Waals surface area contributed by atoms with Gasteiger partial charge in [-0.2, -0.15) is 5.10 Å². The van der Waals surface area contributed by atoms with Crippen molar-refractivity contribution in [3.63, 3.8) is 0 Å². The minimum absolute atomic E-state index is 0.0641. The molecule has 1 saturated carbocycles. The van der Waals surface area contributed by atoms with Gasteiger partial charge in [-0.25, -0.2) is 4.79 Å². The van der Waals surface area contributed by atoms with E-state index in [-0.39, 0.29) is 6.03 Å². The number of hydrogen-bond donors (Lipinski definition) is 1. The second kappa shape index (κ2) is 7.30. The fourth-order valence-electron chi connectivity index (χ4n) is 4.35. The summed E-state index contributed by atoms with van der Waals surface area (Å²) in [5.41, 5.74) is 2.04. The fraction of sp³-hybridized carbons (Fsp3) is 0.500. The maximum atomic E-state index is 12.7. The smallest absolute Gasteiger partial charge is 0.321 e. The highest BCUT2D eigenvalue weighted by Crippen LogP contribution is 2.35. The van der Waals surface area contributed by atoms with Gasteiger partial charge >= 0.3 is 6.03 Å². The van der Waals surface area contributed by atoms with Crippen LogP contribution in [0, 0.1) is 5.92 Å². The highest BCUT2D eigenvalue weighted by molar-refractivity contribution is 5.89. The number of aromatic nitrogens is 2. The Morgan fingerprint density at radius 3 is 2.64 bits per heavy atom. The summed E-state index contributed by atoms with van der Waals surface area (Å²) in [5.74, 6) is 0.713. The van der Waals surface area contributed by atoms with Crippen molar-refractivity contribution < 1.29 is 4.79 Å². The third-order valence-corrected chi connectivity index (χ3v) is 5.61. The molecule has 5 nitrogen and oxygen atoms in total. The number of benzene rings is 1. The molecule has 0 bridgehead atoms. The van der Waals surface area contributed by atoms with E-state index in [1.54, 1.807) is 6.20 Å².